The Kier molecular flexibility index (Phi) is 4.89. The average Bonchev–Trinajstić information content (AvgIpc) is 3.09. The van der Waals surface area contributed by atoms with Gasteiger partial charge in [-0.25, -0.2) is 4.98 Å². The number of nitrogens with one attached hydrogen (secondary N) is 1. The molecule has 0 bridgehead atoms. The van der Waals surface area contributed by atoms with E-state index in [9.17, 15) is 4.79 Å². The van der Waals surface area contributed by atoms with E-state index in [4.69, 9.17) is 0 Å². The van der Waals surface area contributed by atoms with E-state index in [0.717, 1.165) is 44.5 Å². The predicted molar refractivity (Wildman–Crippen MR) is 120 cm³/mol. The van der Waals surface area contributed by atoms with Gasteiger partial charge in [-0.2, -0.15) is 0 Å². The molecule has 5 rings (SSSR count). The number of carbonyl (C=O) groups is 1. The Hall–Kier alpha value is -2.23. The SMILES string of the molecule is Cc1cc(C)c2nc(NC(=O)CSc3nnc(-c4cccs4)n3C3CC3)sc2c1. The lowest BCUT2D eigenvalue weighted by Crippen LogP contribution is -2.14. The highest BCUT2D eigenvalue weighted by molar-refractivity contribution is 7.99. The molecule has 1 aromatic carbocycles. The van der Waals surface area contributed by atoms with Gasteiger partial charge in [0.15, 0.2) is 16.1 Å². The molecule has 0 aliphatic heterocycles. The number of fused-ring (bicyclic) bond motifs is 1. The Morgan fingerprint density at radius 2 is 2.17 bits per heavy atom. The first-order chi connectivity index (χ1) is 14.1. The van der Waals surface area contributed by atoms with Crippen LogP contribution in [0.15, 0.2) is 34.8 Å². The third kappa shape index (κ3) is 3.82. The van der Waals surface area contributed by atoms with Crippen LogP contribution < -0.4 is 5.32 Å². The first-order valence-electron chi connectivity index (χ1n) is 9.37. The first-order valence-corrected chi connectivity index (χ1v) is 12.1. The van der Waals surface area contributed by atoms with Gasteiger partial charge in [0, 0.05) is 6.04 Å². The number of nitrogens with zero attached hydrogens (tertiary/aromatic N) is 4. The topological polar surface area (TPSA) is 72.7 Å². The quantitative estimate of drug-likeness (QED) is 0.411. The van der Waals surface area contributed by atoms with Gasteiger partial charge in [-0.05, 0) is 55.3 Å². The molecule has 3 heterocycles. The van der Waals surface area contributed by atoms with Crippen LogP contribution in [-0.4, -0.2) is 31.4 Å². The average molecular weight is 442 g/mol. The molecule has 1 aliphatic carbocycles. The number of thiophene rings is 1. The number of hydrogen-bond donors (Lipinski definition) is 1. The second-order valence-corrected chi connectivity index (χ2v) is 10.1. The highest BCUT2D eigenvalue weighted by atomic mass is 32.2. The van der Waals surface area contributed by atoms with E-state index in [1.807, 2.05) is 18.4 Å². The van der Waals surface area contributed by atoms with Gasteiger partial charge in [0.05, 0.1) is 20.8 Å². The zero-order valence-electron chi connectivity index (χ0n) is 16.0. The van der Waals surface area contributed by atoms with E-state index < -0.39 is 0 Å². The minimum Gasteiger partial charge on any atom is -0.301 e. The van der Waals surface area contributed by atoms with E-state index in [0.29, 0.717) is 11.2 Å². The van der Waals surface area contributed by atoms with E-state index in [-0.39, 0.29) is 11.7 Å². The van der Waals surface area contributed by atoms with Crippen LogP contribution >= 0.6 is 34.4 Å². The van der Waals surface area contributed by atoms with Crippen molar-refractivity contribution in [3.63, 3.8) is 0 Å². The molecule has 1 saturated carbocycles. The number of amides is 1. The van der Waals surface area contributed by atoms with Crippen LogP contribution in [0.4, 0.5) is 5.13 Å². The number of carbonyl (C=O) groups excluding carboxylic acids is 1. The van der Waals surface area contributed by atoms with Crippen LogP contribution in [0.1, 0.15) is 30.0 Å². The fraction of sp³-hybridized carbons (Fsp3) is 0.300. The van der Waals surface area contributed by atoms with Crippen LogP contribution in [0.5, 0.6) is 0 Å². The molecule has 1 aliphatic rings. The number of aryl methyl sites for hydroxylation is 2. The number of anilines is 1. The normalized spacial score (nSPS) is 13.9. The molecular weight excluding hydrogens is 422 g/mol. The van der Waals surface area contributed by atoms with E-state index >= 15 is 0 Å². The summed E-state index contributed by atoms with van der Waals surface area (Å²) in [5.41, 5.74) is 3.29. The summed E-state index contributed by atoms with van der Waals surface area (Å²) in [4.78, 5) is 18.2. The molecule has 1 N–H and O–H groups in total. The Labute approximate surface area is 180 Å². The molecule has 0 unspecified atom stereocenters. The third-order valence-corrected chi connectivity index (χ3v) is 7.45. The summed E-state index contributed by atoms with van der Waals surface area (Å²) < 4.78 is 3.28. The van der Waals surface area contributed by atoms with Crippen molar-refractivity contribution >= 4 is 55.7 Å². The van der Waals surface area contributed by atoms with Crippen LogP contribution in [0, 0.1) is 13.8 Å². The van der Waals surface area contributed by atoms with Gasteiger partial charge >= 0.3 is 0 Å². The number of thiazole rings is 1. The van der Waals surface area contributed by atoms with Crippen molar-refractivity contribution in [1.82, 2.24) is 19.7 Å². The third-order valence-electron chi connectivity index (χ3n) is 4.73. The highest BCUT2D eigenvalue weighted by Gasteiger charge is 2.30. The summed E-state index contributed by atoms with van der Waals surface area (Å²) in [6.07, 6.45) is 2.28. The van der Waals surface area contributed by atoms with Crippen molar-refractivity contribution < 1.29 is 4.79 Å². The van der Waals surface area contributed by atoms with Crippen LogP contribution in [0.3, 0.4) is 0 Å². The van der Waals surface area contributed by atoms with Gasteiger partial charge in [0.2, 0.25) is 5.91 Å². The minimum atomic E-state index is -0.0774. The monoisotopic (exact) mass is 441 g/mol. The highest BCUT2D eigenvalue weighted by Crippen LogP contribution is 2.41. The Morgan fingerprint density at radius 3 is 2.93 bits per heavy atom. The van der Waals surface area contributed by atoms with E-state index in [1.165, 1.54) is 28.7 Å². The molecule has 9 heteroatoms. The van der Waals surface area contributed by atoms with Gasteiger partial charge in [0.25, 0.3) is 0 Å². The van der Waals surface area contributed by atoms with Gasteiger partial charge in [-0.3, -0.25) is 9.36 Å². The Bertz CT molecular complexity index is 1190. The molecule has 6 nitrogen and oxygen atoms in total. The molecule has 0 saturated heterocycles. The van der Waals surface area contributed by atoms with Crippen molar-refractivity contribution in [1.29, 1.82) is 0 Å². The first kappa shape index (κ1) is 18.8. The van der Waals surface area contributed by atoms with Gasteiger partial charge in [-0.1, -0.05) is 35.2 Å². The zero-order valence-corrected chi connectivity index (χ0v) is 18.5. The lowest BCUT2D eigenvalue weighted by atomic mass is 10.1. The molecule has 1 fully saturated rings. The second-order valence-electron chi connectivity index (χ2n) is 7.17. The largest absolute Gasteiger partial charge is 0.301 e. The molecule has 29 heavy (non-hydrogen) atoms. The summed E-state index contributed by atoms with van der Waals surface area (Å²) in [6, 6.07) is 8.75. The predicted octanol–water partition coefficient (Wildman–Crippen LogP) is 5.30. The number of benzene rings is 1. The summed E-state index contributed by atoms with van der Waals surface area (Å²) in [5, 5.41) is 15.2. The molecule has 3 aromatic heterocycles. The molecule has 0 radical (unpaired) electrons. The Balaban J connectivity index is 1.30. The maximum Gasteiger partial charge on any atom is 0.236 e. The molecule has 0 spiro atoms. The van der Waals surface area contributed by atoms with Crippen molar-refractivity contribution in [3.05, 3.63) is 40.8 Å². The second kappa shape index (κ2) is 7.55. The smallest absolute Gasteiger partial charge is 0.236 e. The van der Waals surface area contributed by atoms with Crippen molar-refractivity contribution in [2.24, 2.45) is 0 Å². The van der Waals surface area contributed by atoms with Crippen LogP contribution in [0.25, 0.3) is 20.9 Å². The fourth-order valence-electron chi connectivity index (χ4n) is 3.32. The summed E-state index contributed by atoms with van der Waals surface area (Å²) in [7, 11) is 0. The van der Waals surface area contributed by atoms with E-state index in [2.05, 4.69) is 50.2 Å². The van der Waals surface area contributed by atoms with Crippen LogP contribution in [0.2, 0.25) is 0 Å². The maximum absolute atomic E-state index is 12.5. The number of hydrogen-bond acceptors (Lipinski definition) is 7. The fourth-order valence-corrected chi connectivity index (χ4v) is 5.89. The summed E-state index contributed by atoms with van der Waals surface area (Å²) in [5.74, 6) is 1.11. The van der Waals surface area contributed by atoms with E-state index in [1.54, 1.807) is 11.3 Å². The number of rotatable bonds is 6. The molecule has 0 atom stereocenters. The molecule has 4 aromatic rings. The molecule has 148 valence electrons. The van der Waals surface area contributed by atoms with Crippen molar-refractivity contribution in [2.45, 2.75) is 37.9 Å². The lowest BCUT2D eigenvalue weighted by molar-refractivity contribution is -0.113. The Morgan fingerprint density at radius 1 is 1.31 bits per heavy atom. The van der Waals surface area contributed by atoms with Crippen molar-refractivity contribution in [3.8, 4) is 10.7 Å². The minimum absolute atomic E-state index is 0.0774. The van der Waals surface area contributed by atoms with Crippen molar-refractivity contribution in [2.75, 3.05) is 11.1 Å². The number of aromatic nitrogens is 4. The lowest BCUT2D eigenvalue weighted by Gasteiger charge is -2.07. The maximum atomic E-state index is 12.5. The summed E-state index contributed by atoms with van der Waals surface area (Å²) >= 11 is 4.60. The van der Waals surface area contributed by atoms with Crippen LogP contribution in [-0.2, 0) is 4.79 Å². The molecular formula is C20H19N5OS3. The number of thioether (sulfide) groups is 1. The van der Waals surface area contributed by atoms with Gasteiger partial charge in [-0.15, -0.1) is 21.5 Å². The molecule has 1 amide bonds. The van der Waals surface area contributed by atoms with Gasteiger partial charge < -0.3 is 5.32 Å². The standard InChI is InChI=1S/C20H19N5OS3/c1-11-8-12(2)17-15(9-11)29-19(22-17)21-16(26)10-28-20-24-23-18(14-4-3-7-27-14)25(20)13-5-6-13/h3-4,7-9,13H,5-6,10H2,1-2H3,(H,21,22,26). The zero-order chi connectivity index (χ0) is 20.0. The van der Waals surface area contributed by atoms with Gasteiger partial charge in [0.1, 0.15) is 0 Å². The summed E-state index contributed by atoms with van der Waals surface area (Å²) in [6.45, 7) is 4.12.